The topological polar surface area (TPSA) is 3.24 Å². The van der Waals surface area contributed by atoms with Crippen LogP contribution in [0.25, 0.3) is 0 Å². The first-order chi connectivity index (χ1) is 6.99. The van der Waals surface area contributed by atoms with E-state index < -0.39 is 0 Å². The molecule has 1 fully saturated rings. The van der Waals surface area contributed by atoms with E-state index >= 15 is 0 Å². The summed E-state index contributed by atoms with van der Waals surface area (Å²) in [6.45, 7) is 12.0. The Morgan fingerprint density at radius 1 is 1.33 bits per heavy atom. The number of nitrogens with zero attached hydrogens (tertiary/aromatic N) is 1. The second kappa shape index (κ2) is 5.67. The summed E-state index contributed by atoms with van der Waals surface area (Å²) in [6, 6.07) is 0.778. The Kier molecular flexibility index (Phi) is 5.11. The number of unbranched alkanes of at least 4 members (excludes halogenated alkanes) is 1. The van der Waals surface area contributed by atoms with E-state index in [1.54, 1.807) is 0 Å². The smallest absolute Gasteiger partial charge is 0.0196 e. The zero-order chi connectivity index (χ0) is 11.5. The second-order valence-corrected chi connectivity index (χ2v) is 6.60. The van der Waals surface area contributed by atoms with Crippen LogP contribution in [0.3, 0.4) is 0 Å². The highest BCUT2D eigenvalue weighted by molar-refractivity contribution is 9.09. The molecule has 0 amide bonds. The van der Waals surface area contributed by atoms with Gasteiger partial charge in [0.2, 0.25) is 0 Å². The van der Waals surface area contributed by atoms with E-state index in [0.29, 0.717) is 5.41 Å². The van der Waals surface area contributed by atoms with Crippen molar-refractivity contribution in [1.29, 1.82) is 0 Å². The van der Waals surface area contributed by atoms with Gasteiger partial charge in [-0.3, -0.25) is 4.90 Å². The van der Waals surface area contributed by atoms with Crippen molar-refractivity contribution in [1.82, 2.24) is 4.90 Å². The average molecular weight is 276 g/mol. The lowest BCUT2D eigenvalue weighted by Crippen LogP contribution is -2.32. The van der Waals surface area contributed by atoms with Gasteiger partial charge in [0.25, 0.3) is 0 Å². The molecule has 2 heteroatoms. The number of halogens is 1. The maximum Gasteiger partial charge on any atom is 0.0196 e. The normalized spacial score (nSPS) is 28.6. The van der Waals surface area contributed by atoms with Crippen molar-refractivity contribution in [3.05, 3.63) is 0 Å². The highest BCUT2D eigenvalue weighted by Gasteiger charge is 2.36. The molecule has 90 valence electrons. The van der Waals surface area contributed by atoms with Crippen LogP contribution in [-0.2, 0) is 0 Å². The molecule has 0 aromatic heterocycles. The van der Waals surface area contributed by atoms with Crippen molar-refractivity contribution in [2.75, 3.05) is 18.4 Å². The number of likely N-dealkylation sites (tertiary alicyclic amines) is 1. The molecule has 15 heavy (non-hydrogen) atoms. The Morgan fingerprint density at radius 2 is 2.00 bits per heavy atom. The Morgan fingerprint density at radius 3 is 2.47 bits per heavy atom. The van der Waals surface area contributed by atoms with Gasteiger partial charge >= 0.3 is 0 Å². The van der Waals surface area contributed by atoms with Crippen LogP contribution in [0.4, 0.5) is 0 Å². The van der Waals surface area contributed by atoms with Crippen molar-refractivity contribution < 1.29 is 0 Å². The predicted molar refractivity (Wildman–Crippen MR) is 71.6 cm³/mol. The van der Waals surface area contributed by atoms with Gasteiger partial charge in [0, 0.05) is 17.9 Å². The lowest BCUT2D eigenvalue weighted by Gasteiger charge is -2.27. The monoisotopic (exact) mass is 275 g/mol. The van der Waals surface area contributed by atoms with Crippen LogP contribution < -0.4 is 0 Å². The van der Waals surface area contributed by atoms with Crippen LogP contribution >= 0.6 is 15.9 Å². The number of alkyl halides is 1. The van der Waals surface area contributed by atoms with Crippen molar-refractivity contribution in [3.8, 4) is 0 Å². The minimum absolute atomic E-state index is 0.474. The van der Waals surface area contributed by atoms with Gasteiger partial charge in [-0.1, -0.05) is 50.0 Å². The molecule has 0 radical (unpaired) electrons. The highest BCUT2D eigenvalue weighted by Crippen LogP contribution is 2.37. The van der Waals surface area contributed by atoms with E-state index in [-0.39, 0.29) is 0 Å². The Hall–Kier alpha value is 0.440. The molecular formula is C13H26BrN. The summed E-state index contributed by atoms with van der Waals surface area (Å²) in [6.07, 6.45) is 4.03. The SMILES string of the molecule is CCCCN1C[C@@H](C(C)(C)C)C[C@H]1CBr. The molecule has 1 nitrogen and oxygen atoms in total. The highest BCUT2D eigenvalue weighted by atomic mass is 79.9. The van der Waals surface area contributed by atoms with Gasteiger partial charge in [0.1, 0.15) is 0 Å². The Bertz CT molecular complexity index is 185. The largest absolute Gasteiger partial charge is 0.299 e. The predicted octanol–water partition coefficient (Wildman–Crippen LogP) is 3.92. The molecule has 1 rings (SSSR count). The van der Waals surface area contributed by atoms with E-state index in [1.807, 2.05) is 0 Å². The molecule has 1 aliphatic heterocycles. The molecule has 0 saturated carbocycles. The third kappa shape index (κ3) is 3.74. The lowest BCUT2D eigenvalue weighted by molar-refractivity contribution is 0.221. The molecule has 0 aromatic carbocycles. The van der Waals surface area contributed by atoms with Crippen molar-refractivity contribution in [3.63, 3.8) is 0 Å². The molecule has 0 spiro atoms. The average Bonchev–Trinajstić information content (AvgIpc) is 2.57. The summed E-state index contributed by atoms with van der Waals surface area (Å²) in [4.78, 5) is 2.69. The molecule has 0 aromatic rings. The number of rotatable bonds is 4. The van der Waals surface area contributed by atoms with Crippen molar-refractivity contribution in [2.24, 2.45) is 11.3 Å². The van der Waals surface area contributed by atoms with Crippen LogP contribution in [0.1, 0.15) is 47.0 Å². The number of hydrogen-bond donors (Lipinski definition) is 0. The zero-order valence-corrected chi connectivity index (χ0v) is 12.3. The quantitative estimate of drug-likeness (QED) is 0.703. The summed E-state index contributed by atoms with van der Waals surface area (Å²) in [7, 11) is 0. The number of hydrogen-bond acceptors (Lipinski definition) is 1. The summed E-state index contributed by atoms with van der Waals surface area (Å²) < 4.78 is 0. The molecule has 0 unspecified atom stereocenters. The molecule has 0 N–H and O–H groups in total. The van der Waals surface area contributed by atoms with Crippen LogP contribution in [0, 0.1) is 11.3 Å². The van der Waals surface area contributed by atoms with Gasteiger partial charge in [-0.05, 0) is 30.7 Å². The first kappa shape index (κ1) is 13.5. The van der Waals surface area contributed by atoms with Crippen molar-refractivity contribution >= 4 is 15.9 Å². The van der Waals surface area contributed by atoms with Gasteiger partial charge in [-0.15, -0.1) is 0 Å². The van der Waals surface area contributed by atoms with Gasteiger partial charge < -0.3 is 0 Å². The molecule has 0 bridgehead atoms. The zero-order valence-electron chi connectivity index (χ0n) is 10.7. The molecule has 0 aliphatic carbocycles. The van der Waals surface area contributed by atoms with Crippen LogP contribution in [-0.4, -0.2) is 29.4 Å². The summed E-state index contributed by atoms with van der Waals surface area (Å²) >= 11 is 3.66. The maximum atomic E-state index is 3.66. The fraction of sp³-hybridized carbons (Fsp3) is 1.00. The fourth-order valence-corrected chi connectivity index (χ4v) is 3.08. The third-order valence-electron chi connectivity index (χ3n) is 3.73. The summed E-state index contributed by atoms with van der Waals surface area (Å²) in [5.74, 6) is 0.872. The fourth-order valence-electron chi connectivity index (χ4n) is 2.41. The van der Waals surface area contributed by atoms with E-state index in [0.717, 1.165) is 17.3 Å². The van der Waals surface area contributed by atoms with Gasteiger partial charge in [-0.2, -0.15) is 0 Å². The second-order valence-electron chi connectivity index (χ2n) is 5.96. The third-order valence-corrected chi connectivity index (χ3v) is 4.48. The first-order valence-electron chi connectivity index (χ1n) is 6.29. The minimum Gasteiger partial charge on any atom is -0.299 e. The van der Waals surface area contributed by atoms with E-state index in [4.69, 9.17) is 0 Å². The molecular weight excluding hydrogens is 250 g/mol. The standard InChI is InChI=1S/C13H26BrN/c1-5-6-7-15-10-11(13(2,3)4)8-12(15)9-14/h11-12H,5-10H2,1-4H3/t11-,12-/m0/s1. The molecule has 1 saturated heterocycles. The van der Waals surface area contributed by atoms with Gasteiger partial charge in [0.05, 0.1) is 0 Å². The summed E-state index contributed by atoms with van der Waals surface area (Å²) in [5, 5.41) is 1.14. The van der Waals surface area contributed by atoms with Crippen LogP contribution in [0.15, 0.2) is 0 Å². The summed E-state index contributed by atoms with van der Waals surface area (Å²) in [5.41, 5.74) is 0.474. The van der Waals surface area contributed by atoms with E-state index in [9.17, 15) is 0 Å². The van der Waals surface area contributed by atoms with Gasteiger partial charge in [0.15, 0.2) is 0 Å². The van der Waals surface area contributed by atoms with Crippen molar-refractivity contribution in [2.45, 2.75) is 53.0 Å². The lowest BCUT2D eigenvalue weighted by atomic mass is 9.79. The maximum absolute atomic E-state index is 3.66. The molecule has 1 aliphatic rings. The van der Waals surface area contributed by atoms with Gasteiger partial charge in [-0.25, -0.2) is 0 Å². The molecule has 1 heterocycles. The minimum atomic E-state index is 0.474. The Labute approximate surface area is 104 Å². The molecule has 2 atom stereocenters. The van der Waals surface area contributed by atoms with Crippen LogP contribution in [0.5, 0.6) is 0 Å². The van der Waals surface area contributed by atoms with E-state index in [1.165, 1.54) is 32.4 Å². The van der Waals surface area contributed by atoms with E-state index in [2.05, 4.69) is 48.5 Å². The van der Waals surface area contributed by atoms with Crippen LogP contribution in [0.2, 0.25) is 0 Å². The first-order valence-corrected chi connectivity index (χ1v) is 7.41. The Balaban J connectivity index is 2.51.